The first-order valence-corrected chi connectivity index (χ1v) is 3.63. The van der Waals surface area contributed by atoms with Crippen LogP contribution in [0.15, 0.2) is 17.6 Å². The lowest BCUT2D eigenvalue weighted by Crippen LogP contribution is -2.00. The number of thioether (sulfide) groups is 1. The molecule has 0 aliphatic heterocycles. The minimum Gasteiger partial charge on any atom is -0.481 e. The third kappa shape index (κ3) is 4.14. The second-order valence-corrected chi connectivity index (χ2v) is 2.44. The monoisotopic (exact) mass is 159 g/mol. The number of hydrogen-bond donors (Lipinski definition) is 1. The fourth-order valence-electron chi connectivity index (χ4n) is 0.350. The molecule has 0 aliphatic carbocycles. The molecule has 0 bridgehead atoms. The summed E-state index contributed by atoms with van der Waals surface area (Å²) in [6, 6.07) is 0. The van der Waals surface area contributed by atoms with Crippen LogP contribution in [0.5, 0.6) is 0 Å². The number of aliphatic carboxylic acids is 1. The topological polar surface area (TPSA) is 49.7 Å². The molecule has 0 aromatic heterocycles. The van der Waals surface area contributed by atoms with Crippen molar-refractivity contribution in [3.8, 4) is 0 Å². The largest absolute Gasteiger partial charge is 0.481 e. The van der Waals surface area contributed by atoms with Crippen LogP contribution >= 0.6 is 11.8 Å². The average Bonchev–Trinajstić information content (AvgIpc) is 1.90. The predicted molar refractivity (Wildman–Crippen MR) is 43.6 cm³/mol. The maximum absolute atomic E-state index is 10.0. The van der Waals surface area contributed by atoms with Crippen LogP contribution in [0.1, 0.15) is 0 Å². The predicted octanol–water partition coefficient (Wildman–Crippen LogP) is 1.02. The summed E-state index contributed by atoms with van der Waals surface area (Å²) in [6.45, 7) is 3.47. The van der Waals surface area contributed by atoms with Crippen molar-refractivity contribution < 1.29 is 9.90 Å². The summed E-state index contributed by atoms with van der Waals surface area (Å²) in [7, 11) is 1.60. The SMILES string of the molecule is C=CC(=NC)SCC(=O)O. The Morgan fingerprint density at radius 2 is 2.50 bits per heavy atom. The van der Waals surface area contributed by atoms with Crippen LogP contribution in [-0.2, 0) is 4.79 Å². The molecule has 0 atom stereocenters. The van der Waals surface area contributed by atoms with E-state index in [-0.39, 0.29) is 5.75 Å². The van der Waals surface area contributed by atoms with E-state index in [9.17, 15) is 4.79 Å². The standard InChI is InChI=1S/C6H9NO2S/c1-3-5(7-2)10-4-6(8)9/h3H,1,4H2,2H3,(H,8,9). The summed E-state index contributed by atoms with van der Waals surface area (Å²) in [4.78, 5) is 13.8. The number of carbonyl (C=O) groups is 1. The number of aliphatic imine (C=N–C) groups is 1. The van der Waals surface area contributed by atoms with Gasteiger partial charge < -0.3 is 5.11 Å². The van der Waals surface area contributed by atoms with Gasteiger partial charge in [0.05, 0.1) is 10.8 Å². The molecule has 0 spiro atoms. The Morgan fingerprint density at radius 1 is 1.90 bits per heavy atom. The van der Waals surface area contributed by atoms with Gasteiger partial charge in [-0.05, 0) is 6.08 Å². The fraction of sp³-hybridized carbons (Fsp3) is 0.333. The molecule has 0 aromatic carbocycles. The van der Waals surface area contributed by atoms with Crippen molar-refractivity contribution >= 4 is 22.8 Å². The van der Waals surface area contributed by atoms with Crippen molar-refractivity contribution in [3.05, 3.63) is 12.7 Å². The molecule has 0 aliphatic rings. The maximum Gasteiger partial charge on any atom is 0.313 e. The lowest BCUT2D eigenvalue weighted by atomic mass is 10.7. The Kier molecular flexibility index (Phi) is 4.66. The van der Waals surface area contributed by atoms with Crippen molar-refractivity contribution in [1.82, 2.24) is 0 Å². The molecule has 0 unspecified atom stereocenters. The summed E-state index contributed by atoms with van der Waals surface area (Å²) in [5, 5.41) is 8.90. The highest BCUT2D eigenvalue weighted by Gasteiger charge is 1.98. The summed E-state index contributed by atoms with van der Waals surface area (Å²) >= 11 is 1.16. The van der Waals surface area contributed by atoms with Gasteiger partial charge in [0.25, 0.3) is 0 Å². The third-order valence-electron chi connectivity index (χ3n) is 0.739. The Bertz CT molecular complexity index is 165. The number of carboxylic acid groups (broad SMARTS) is 1. The highest BCUT2D eigenvalue weighted by Crippen LogP contribution is 2.03. The molecule has 4 heteroatoms. The van der Waals surface area contributed by atoms with E-state index in [1.807, 2.05) is 0 Å². The summed E-state index contributed by atoms with van der Waals surface area (Å²) in [6.07, 6.45) is 1.54. The zero-order valence-electron chi connectivity index (χ0n) is 5.70. The summed E-state index contributed by atoms with van der Waals surface area (Å²) in [5.41, 5.74) is 0. The van der Waals surface area contributed by atoms with E-state index < -0.39 is 5.97 Å². The van der Waals surface area contributed by atoms with E-state index in [0.29, 0.717) is 5.04 Å². The molecule has 0 saturated carbocycles. The van der Waals surface area contributed by atoms with E-state index in [1.54, 1.807) is 7.05 Å². The Labute approximate surface area is 63.8 Å². The molecule has 0 amide bonds. The maximum atomic E-state index is 10.0. The molecule has 3 nitrogen and oxygen atoms in total. The van der Waals surface area contributed by atoms with Gasteiger partial charge in [-0.1, -0.05) is 18.3 Å². The molecule has 0 heterocycles. The van der Waals surface area contributed by atoms with Crippen molar-refractivity contribution in [2.24, 2.45) is 4.99 Å². The van der Waals surface area contributed by atoms with Crippen LogP contribution in [0.4, 0.5) is 0 Å². The number of hydrogen-bond acceptors (Lipinski definition) is 3. The van der Waals surface area contributed by atoms with E-state index >= 15 is 0 Å². The number of rotatable bonds is 3. The molecule has 10 heavy (non-hydrogen) atoms. The zero-order valence-corrected chi connectivity index (χ0v) is 6.52. The quantitative estimate of drug-likeness (QED) is 0.494. The van der Waals surface area contributed by atoms with Crippen LogP contribution in [-0.4, -0.2) is 28.9 Å². The van der Waals surface area contributed by atoms with Crippen LogP contribution in [0, 0.1) is 0 Å². The van der Waals surface area contributed by atoms with E-state index in [2.05, 4.69) is 11.6 Å². The van der Waals surface area contributed by atoms with Gasteiger partial charge in [0, 0.05) is 7.05 Å². The van der Waals surface area contributed by atoms with Gasteiger partial charge in [-0.2, -0.15) is 0 Å². The van der Waals surface area contributed by atoms with Gasteiger partial charge >= 0.3 is 5.97 Å². The molecule has 0 fully saturated rings. The van der Waals surface area contributed by atoms with Crippen LogP contribution in [0.2, 0.25) is 0 Å². The molecule has 0 rings (SSSR count). The first kappa shape index (κ1) is 9.23. The second-order valence-electron chi connectivity index (χ2n) is 1.45. The number of nitrogens with zero attached hydrogens (tertiary/aromatic N) is 1. The van der Waals surface area contributed by atoms with Crippen LogP contribution < -0.4 is 0 Å². The van der Waals surface area contributed by atoms with Crippen molar-refractivity contribution in [3.63, 3.8) is 0 Å². The minimum absolute atomic E-state index is 0.0404. The molecule has 0 radical (unpaired) electrons. The fourth-order valence-corrected chi connectivity index (χ4v) is 0.869. The average molecular weight is 159 g/mol. The first-order chi connectivity index (χ1) is 4.70. The molecule has 0 saturated heterocycles. The van der Waals surface area contributed by atoms with E-state index in [1.165, 1.54) is 6.08 Å². The van der Waals surface area contributed by atoms with E-state index in [4.69, 9.17) is 5.11 Å². The molecule has 0 aromatic rings. The van der Waals surface area contributed by atoms with Gasteiger partial charge in [0.2, 0.25) is 0 Å². The molecule has 1 N–H and O–H groups in total. The number of carboxylic acids is 1. The summed E-state index contributed by atoms with van der Waals surface area (Å²) < 4.78 is 0. The highest BCUT2D eigenvalue weighted by atomic mass is 32.2. The van der Waals surface area contributed by atoms with Gasteiger partial charge in [0.15, 0.2) is 0 Å². The lowest BCUT2D eigenvalue weighted by Gasteiger charge is -1.93. The molecular weight excluding hydrogens is 150 g/mol. The van der Waals surface area contributed by atoms with Crippen LogP contribution in [0.25, 0.3) is 0 Å². The minimum atomic E-state index is -0.840. The molecule has 56 valence electrons. The first-order valence-electron chi connectivity index (χ1n) is 2.64. The Balaban J connectivity index is 3.66. The van der Waals surface area contributed by atoms with Gasteiger partial charge in [-0.25, -0.2) is 0 Å². The molecular formula is C6H9NO2S. The normalized spacial score (nSPS) is 11.1. The zero-order chi connectivity index (χ0) is 7.98. The van der Waals surface area contributed by atoms with E-state index in [0.717, 1.165) is 11.8 Å². The summed E-state index contributed by atoms with van der Waals surface area (Å²) in [5.74, 6) is -0.799. The highest BCUT2D eigenvalue weighted by molar-refractivity contribution is 8.14. The van der Waals surface area contributed by atoms with Crippen molar-refractivity contribution in [2.75, 3.05) is 12.8 Å². The Morgan fingerprint density at radius 3 is 2.80 bits per heavy atom. The van der Waals surface area contributed by atoms with Gasteiger partial charge in [-0.3, -0.25) is 9.79 Å². The van der Waals surface area contributed by atoms with Gasteiger partial charge in [0.1, 0.15) is 0 Å². The van der Waals surface area contributed by atoms with Crippen molar-refractivity contribution in [1.29, 1.82) is 0 Å². The smallest absolute Gasteiger partial charge is 0.313 e. The van der Waals surface area contributed by atoms with Crippen LogP contribution in [0.3, 0.4) is 0 Å². The second kappa shape index (κ2) is 5.05. The third-order valence-corrected chi connectivity index (χ3v) is 1.77. The van der Waals surface area contributed by atoms with Gasteiger partial charge in [-0.15, -0.1) is 0 Å². The lowest BCUT2D eigenvalue weighted by molar-refractivity contribution is -0.133. The van der Waals surface area contributed by atoms with Crippen molar-refractivity contribution in [2.45, 2.75) is 0 Å². The Hall–Kier alpha value is -0.770.